The standard InChI is InChI=1S/C10H15NO/c1-7-5-6-8-9(11-7)3-2-4-10(8)12/h7,11H,2-6H2,1H3. The summed E-state index contributed by atoms with van der Waals surface area (Å²) in [5.41, 5.74) is 2.34. The van der Waals surface area contributed by atoms with Crippen molar-refractivity contribution in [2.75, 3.05) is 0 Å². The fourth-order valence-electron chi connectivity index (χ4n) is 2.08. The van der Waals surface area contributed by atoms with E-state index >= 15 is 0 Å². The van der Waals surface area contributed by atoms with Gasteiger partial charge < -0.3 is 5.32 Å². The van der Waals surface area contributed by atoms with Gasteiger partial charge in [-0.25, -0.2) is 0 Å². The lowest BCUT2D eigenvalue weighted by Crippen LogP contribution is -2.34. The summed E-state index contributed by atoms with van der Waals surface area (Å²) in [6.45, 7) is 2.18. The van der Waals surface area contributed by atoms with Crippen LogP contribution in [0, 0.1) is 0 Å². The first-order valence-electron chi connectivity index (χ1n) is 4.79. The summed E-state index contributed by atoms with van der Waals surface area (Å²) in [6.07, 6.45) is 5.02. The minimum atomic E-state index is 0.385. The van der Waals surface area contributed by atoms with Crippen LogP contribution in [0.3, 0.4) is 0 Å². The molecule has 2 aliphatic rings. The second-order valence-corrected chi connectivity index (χ2v) is 3.82. The molecule has 1 N–H and O–H groups in total. The van der Waals surface area contributed by atoms with E-state index in [0.29, 0.717) is 11.8 Å². The first-order valence-corrected chi connectivity index (χ1v) is 4.79. The summed E-state index contributed by atoms with van der Waals surface area (Å²) in [5.74, 6) is 0.385. The summed E-state index contributed by atoms with van der Waals surface area (Å²) in [6, 6.07) is 0.564. The van der Waals surface area contributed by atoms with E-state index in [2.05, 4.69) is 12.2 Å². The molecule has 1 aliphatic carbocycles. The van der Waals surface area contributed by atoms with Gasteiger partial charge in [0, 0.05) is 23.7 Å². The van der Waals surface area contributed by atoms with Crippen molar-refractivity contribution in [3.05, 3.63) is 11.3 Å². The van der Waals surface area contributed by atoms with Gasteiger partial charge in [0.25, 0.3) is 0 Å². The van der Waals surface area contributed by atoms with E-state index in [9.17, 15) is 4.79 Å². The first kappa shape index (κ1) is 7.84. The summed E-state index contributed by atoms with van der Waals surface area (Å²) >= 11 is 0. The Labute approximate surface area is 73.0 Å². The zero-order valence-corrected chi connectivity index (χ0v) is 7.52. The molecule has 0 bridgehead atoms. The Bertz CT molecular complexity index is 242. The van der Waals surface area contributed by atoms with Crippen LogP contribution in [0.4, 0.5) is 0 Å². The van der Waals surface area contributed by atoms with E-state index < -0.39 is 0 Å². The molecule has 0 aromatic heterocycles. The lowest BCUT2D eigenvalue weighted by Gasteiger charge is -2.29. The van der Waals surface area contributed by atoms with Crippen molar-refractivity contribution < 1.29 is 4.79 Å². The molecule has 0 fully saturated rings. The van der Waals surface area contributed by atoms with E-state index in [1.165, 1.54) is 5.70 Å². The molecule has 12 heavy (non-hydrogen) atoms. The number of carbonyl (C=O) groups is 1. The number of rotatable bonds is 0. The molecule has 0 radical (unpaired) electrons. The third-order valence-electron chi connectivity index (χ3n) is 2.78. The van der Waals surface area contributed by atoms with Gasteiger partial charge in [0.15, 0.2) is 5.78 Å². The lowest BCUT2D eigenvalue weighted by molar-refractivity contribution is -0.116. The largest absolute Gasteiger partial charge is 0.386 e. The predicted molar refractivity (Wildman–Crippen MR) is 47.7 cm³/mol. The average Bonchev–Trinajstić information content (AvgIpc) is 2.04. The number of hydrogen-bond donors (Lipinski definition) is 1. The van der Waals surface area contributed by atoms with Crippen molar-refractivity contribution in [1.29, 1.82) is 0 Å². The molecule has 1 heterocycles. The molecule has 0 saturated heterocycles. The van der Waals surface area contributed by atoms with Crippen LogP contribution in [0.2, 0.25) is 0 Å². The fourth-order valence-corrected chi connectivity index (χ4v) is 2.08. The Balaban J connectivity index is 2.24. The Morgan fingerprint density at radius 3 is 3.00 bits per heavy atom. The number of ketones is 1. The van der Waals surface area contributed by atoms with E-state index in [-0.39, 0.29) is 0 Å². The van der Waals surface area contributed by atoms with Gasteiger partial charge in [-0.05, 0) is 32.6 Å². The van der Waals surface area contributed by atoms with Gasteiger partial charge in [0.2, 0.25) is 0 Å². The predicted octanol–water partition coefficient (Wildman–Crippen LogP) is 1.77. The van der Waals surface area contributed by atoms with Crippen molar-refractivity contribution in [3.63, 3.8) is 0 Å². The van der Waals surface area contributed by atoms with Crippen molar-refractivity contribution in [2.24, 2.45) is 0 Å². The minimum absolute atomic E-state index is 0.385. The van der Waals surface area contributed by atoms with Crippen LogP contribution in [0.25, 0.3) is 0 Å². The second-order valence-electron chi connectivity index (χ2n) is 3.82. The fraction of sp³-hybridized carbons (Fsp3) is 0.700. The number of Topliss-reactive ketones (excluding diaryl/α,β-unsaturated/α-hetero) is 1. The maximum Gasteiger partial charge on any atom is 0.160 e. The van der Waals surface area contributed by atoms with Gasteiger partial charge in [-0.3, -0.25) is 4.79 Å². The number of nitrogens with one attached hydrogen (secondary N) is 1. The van der Waals surface area contributed by atoms with Crippen molar-refractivity contribution >= 4 is 5.78 Å². The molecular formula is C10H15NO. The Hall–Kier alpha value is -0.790. The van der Waals surface area contributed by atoms with Gasteiger partial charge >= 0.3 is 0 Å². The molecule has 2 nitrogen and oxygen atoms in total. The van der Waals surface area contributed by atoms with E-state index in [1.807, 2.05) is 0 Å². The quantitative estimate of drug-likeness (QED) is 0.592. The normalized spacial score (nSPS) is 29.8. The number of carbonyl (C=O) groups excluding carboxylic acids is 1. The van der Waals surface area contributed by atoms with Crippen molar-refractivity contribution in [2.45, 2.75) is 45.1 Å². The highest BCUT2D eigenvalue weighted by Crippen LogP contribution is 2.27. The van der Waals surface area contributed by atoms with Gasteiger partial charge in [-0.15, -0.1) is 0 Å². The van der Waals surface area contributed by atoms with E-state index in [1.54, 1.807) is 0 Å². The number of hydrogen-bond acceptors (Lipinski definition) is 2. The SMILES string of the molecule is CC1CCC2=C(CCCC2=O)N1. The van der Waals surface area contributed by atoms with Crippen LogP contribution in [0.1, 0.15) is 39.0 Å². The molecule has 1 atom stereocenters. The molecule has 1 aliphatic heterocycles. The Morgan fingerprint density at radius 1 is 1.33 bits per heavy atom. The highest BCUT2D eigenvalue weighted by Gasteiger charge is 2.24. The van der Waals surface area contributed by atoms with Gasteiger partial charge in [-0.1, -0.05) is 0 Å². The molecule has 0 amide bonds. The monoisotopic (exact) mass is 165 g/mol. The molecule has 0 aromatic carbocycles. The van der Waals surface area contributed by atoms with Gasteiger partial charge in [0.1, 0.15) is 0 Å². The third-order valence-corrected chi connectivity index (χ3v) is 2.78. The maximum atomic E-state index is 11.4. The molecule has 2 heteroatoms. The topological polar surface area (TPSA) is 29.1 Å². The Kier molecular flexibility index (Phi) is 1.91. The van der Waals surface area contributed by atoms with Crippen LogP contribution in [-0.2, 0) is 4.79 Å². The lowest BCUT2D eigenvalue weighted by atomic mass is 9.87. The molecular weight excluding hydrogens is 150 g/mol. The first-order chi connectivity index (χ1) is 5.77. The van der Waals surface area contributed by atoms with Crippen LogP contribution >= 0.6 is 0 Å². The molecule has 2 rings (SSSR count). The molecule has 66 valence electrons. The van der Waals surface area contributed by atoms with Crippen LogP contribution in [-0.4, -0.2) is 11.8 Å². The third kappa shape index (κ3) is 1.26. The Morgan fingerprint density at radius 2 is 2.17 bits per heavy atom. The van der Waals surface area contributed by atoms with Crippen LogP contribution in [0.15, 0.2) is 11.3 Å². The van der Waals surface area contributed by atoms with E-state index in [4.69, 9.17) is 0 Å². The number of allylic oxidation sites excluding steroid dienone is 2. The van der Waals surface area contributed by atoms with Crippen molar-refractivity contribution in [3.8, 4) is 0 Å². The zero-order chi connectivity index (χ0) is 8.55. The summed E-state index contributed by atoms with van der Waals surface area (Å²) in [7, 11) is 0. The van der Waals surface area contributed by atoms with E-state index in [0.717, 1.165) is 37.7 Å². The second kappa shape index (κ2) is 2.92. The van der Waals surface area contributed by atoms with Crippen LogP contribution < -0.4 is 5.32 Å². The highest BCUT2D eigenvalue weighted by atomic mass is 16.1. The summed E-state index contributed by atoms with van der Waals surface area (Å²) in [5, 5.41) is 3.41. The molecule has 0 saturated carbocycles. The van der Waals surface area contributed by atoms with Crippen LogP contribution in [0.5, 0.6) is 0 Å². The van der Waals surface area contributed by atoms with Gasteiger partial charge in [0.05, 0.1) is 0 Å². The maximum absolute atomic E-state index is 11.4. The minimum Gasteiger partial charge on any atom is -0.386 e. The van der Waals surface area contributed by atoms with Gasteiger partial charge in [-0.2, -0.15) is 0 Å². The smallest absolute Gasteiger partial charge is 0.160 e. The highest BCUT2D eigenvalue weighted by molar-refractivity contribution is 5.96. The summed E-state index contributed by atoms with van der Waals surface area (Å²) < 4.78 is 0. The molecule has 1 unspecified atom stereocenters. The van der Waals surface area contributed by atoms with Crippen molar-refractivity contribution in [1.82, 2.24) is 5.32 Å². The zero-order valence-electron chi connectivity index (χ0n) is 7.52. The molecule has 0 aromatic rings. The molecule has 0 spiro atoms. The summed E-state index contributed by atoms with van der Waals surface area (Å²) in [4.78, 5) is 11.4. The average molecular weight is 165 g/mol.